The Morgan fingerprint density at radius 1 is 1.19 bits per heavy atom. The van der Waals surface area contributed by atoms with E-state index in [1.165, 1.54) is 37.6 Å². The Labute approximate surface area is 122 Å². The van der Waals surface area contributed by atoms with E-state index >= 15 is 0 Å². The lowest BCUT2D eigenvalue weighted by molar-refractivity contribution is 0.412. The summed E-state index contributed by atoms with van der Waals surface area (Å²) in [4.78, 5) is 2.19. The molecule has 0 atom stereocenters. The molecule has 0 aliphatic rings. The maximum absolute atomic E-state index is 11.9. The van der Waals surface area contributed by atoms with Gasteiger partial charge in [0.05, 0.1) is 18.2 Å². The van der Waals surface area contributed by atoms with Gasteiger partial charge in [0.25, 0.3) is 10.0 Å². The van der Waals surface area contributed by atoms with Gasteiger partial charge in [0.2, 0.25) is 0 Å². The predicted octanol–water partition coefficient (Wildman–Crippen LogP) is 1.71. The molecule has 110 valence electrons. The van der Waals surface area contributed by atoms with Crippen molar-refractivity contribution in [1.82, 2.24) is 4.83 Å². The first-order valence-electron chi connectivity index (χ1n) is 6.00. The monoisotopic (exact) mass is 306 g/mol. The van der Waals surface area contributed by atoms with Gasteiger partial charge in [-0.2, -0.15) is 13.5 Å². The molecule has 0 saturated heterocycles. The summed E-state index contributed by atoms with van der Waals surface area (Å²) in [6.07, 6.45) is 1.21. The SMILES string of the molecule is COc1ccc(O)c(/C=N/NS(=O)(=O)c2ccccc2)c1. The molecule has 0 fully saturated rings. The summed E-state index contributed by atoms with van der Waals surface area (Å²) >= 11 is 0. The van der Waals surface area contributed by atoms with E-state index in [4.69, 9.17) is 4.74 Å². The Kier molecular flexibility index (Phi) is 4.44. The van der Waals surface area contributed by atoms with Crippen LogP contribution in [0.2, 0.25) is 0 Å². The lowest BCUT2D eigenvalue weighted by Gasteiger charge is -2.04. The van der Waals surface area contributed by atoms with Crippen LogP contribution in [0.1, 0.15) is 5.56 Å². The van der Waals surface area contributed by atoms with Crippen molar-refractivity contribution in [3.63, 3.8) is 0 Å². The van der Waals surface area contributed by atoms with Gasteiger partial charge in [0.1, 0.15) is 11.5 Å². The first kappa shape index (κ1) is 14.9. The van der Waals surface area contributed by atoms with Gasteiger partial charge in [-0.15, -0.1) is 0 Å². The molecular formula is C14H14N2O4S. The van der Waals surface area contributed by atoms with Crippen molar-refractivity contribution in [2.75, 3.05) is 7.11 Å². The predicted molar refractivity (Wildman–Crippen MR) is 79.0 cm³/mol. The van der Waals surface area contributed by atoms with Crippen molar-refractivity contribution in [3.05, 3.63) is 54.1 Å². The molecular weight excluding hydrogens is 292 g/mol. The van der Waals surface area contributed by atoms with Gasteiger partial charge in [-0.25, -0.2) is 4.83 Å². The Morgan fingerprint density at radius 3 is 2.57 bits per heavy atom. The van der Waals surface area contributed by atoms with Gasteiger partial charge in [0.15, 0.2) is 0 Å². The molecule has 6 nitrogen and oxygen atoms in total. The third-order valence-electron chi connectivity index (χ3n) is 2.66. The third-order valence-corrected chi connectivity index (χ3v) is 3.90. The van der Waals surface area contributed by atoms with Gasteiger partial charge in [-0.05, 0) is 30.3 Å². The zero-order valence-electron chi connectivity index (χ0n) is 11.2. The smallest absolute Gasteiger partial charge is 0.276 e. The molecule has 21 heavy (non-hydrogen) atoms. The zero-order chi connectivity index (χ0) is 15.3. The van der Waals surface area contributed by atoms with Crippen molar-refractivity contribution in [2.24, 2.45) is 5.10 Å². The lowest BCUT2D eigenvalue weighted by Crippen LogP contribution is -2.18. The van der Waals surface area contributed by atoms with Crippen LogP contribution in [0.3, 0.4) is 0 Å². The maximum Gasteiger partial charge on any atom is 0.276 e. The van der Waals surface area contributed by atoms with Crippen molar-refractivity contribution in [2.45, 2.75) is 4.90 Å². The Hall–Kier alpha value is -2.54. The highest BCUT2D eigenvalue weighted by Crippen LogP contribution is 2.21. The molecule has 2 rings (SSSR count). The average Bonchev–Trinajstić information content (AvgIpc) is 2.50. The van der Waals surface area contributed by atoms with E-state index in [1.807, 2.05) is 0 Å². The number of benzene rings is 2. The number of nitrogens with one attached hydrogen (secondary N) is 1. The van der Waals surface area contributed by atoms with E-state index in [9.17, 15) is 13.5 Å². The molecule has 0 radical (unpaired) electrons. The topological polar surface area (TPSA) is 88.0 Å². The maximum atomic E-state index is 11.9. The fraction of sp³-hybridized carbons (Fsp3) is 0.0714. The van der Waals surface area contributed by atoms with E-state index in [-0.39, 0.29) is 10.6 Å². The average molecular weight is 306 g/mol. The molecule has 2 aromatic rings. The Balaban J connectivity index is 2.16. The number of aromatic hydroxyl groups is 1. The third kappa shape index (κ3) is 3.73. The summed E-state index contributed by atoms with van der Waals surface area (Å²) in [5.41, 5.74) is 0.338. The molecule has 2 aromatic carbocycles. The molecule has 0 aliphatic heterocycles. The molecule has 0 aromatic heterocycles. The van der Waals surface area contributed by atoms with Crippen LogP contribution in [0.5, 0.6) is 11.5 Å². The van der Waals surface area contributed by atoms with Crippen LogP contribution in [-0.4, -0.2) is 26.8 Å². The lowest BCUT2D eigenvalue weighted by atomic mass is 10.2. The second-order valence-corrected chi connectivity index (χ2v) is 5.75. The number of nitrogens with zero attached hydrogens (tertiary/aromatic N) is 1. The fourth-order valence-corrected chi connectivity index (χ4v) is 2.39. The Morgan fingerprint density at radius 2 is 1.90 bits per heavy atom. The number of hydrogen-bond donors (Lipinski definition) is 2. The van der Waals surface area contributed by atoms with Crippen LogP contribution in [0.15, 0.2) is 58.5 Å². The summed E-state index contributed by atoms with van der Waals surface area (Å²) in [6.45, 7) is 0. The van der Waals surface area contributed by atoms with Crippen LogP contribution < -0.4 is 9.57 Å². The molecule has 2 N–H and O–H groups in total. The second-order valence-electron chi connectivity index (χ2n) is 4.09. The minimum Gasteiger partial charge on any atom is -0.507 e. The molecule has 0 amide bonds. The number of methoxy groups -OCH3 is 1. The van der Waals surface area contributed by atoms with E-state index in [0.717, 1.165) is 0 Å². The second kappa shape index (κ2) is 6.27. The Bertz CT molecular complexity index is 743. The molecule has 0 spiro atoms. The van der Waals surface area contributed by atoms with Crippen LogP contribution in [-0.2, 0) is 10.0 Å². The molecule has 0 aliphatic carbocycles. The molecule has 0 heterocycles. The zero-order valence-corrected chi connectivity index (χ0v) is 12.0. The highest BCUT2D eigenvalue weighted by Gasteiger charge is 2.11. The minimum atomic E-state index is -3.72. The number of phenolic OH excluding ortho intramolecular Hbond substituents is 1. The van der Waals surface area contributed by atoms with Crippen molar-refractivity contribution < 1.29 is 18.3 Å². The van der Waals surface area contributed by atoms with E-state index < -0.39 is 10.0 Å². The first-order valence-corrected chi connectivity index (χ1v) is 7.48. The summed E-state index contributed by atoms with van der Waals surface area (Å²) in [7, 11) is -2.23. The largest absolute Gasteiger partial charge is 0.507 e. The molecule has 7 heteroatoms. The quantitative estimate of drug-likeness (QED) is 0.650. The van der Waals surface area contributed by atoms with Crippen molar-refractivity contribution >= 4 is 16.2 Å². The van der Waals surface area contributed by atoms with Crippen molar-refractivity contribution in [3.8, 4) is 11.5 Å². The summed E-state index contributed by atoms with van der Waals surface area (Å²) in [5.74, 6) is 0.499. The fourth-order valence-electron chi connectivity index (χ4n) is 1.58. The van der Waals surface area contributed by atoms with Gasteiger partial charge >= 0.3 is 0 Å². The standard InChI is InChI=1S/C14H14N2O4S/c1-20-12-7-8-14(17)11(9-12)10-15-16-21(18,19)13-5-3-2-4-6-13/h2-10,16-17H,1H3/b15-10+. The normalized spacial score (nSPS) is 11.5. The van der Waals surface area contributed by atoms with Gasteiger partial charge < -0.3 is 9.84 Å². The highest BCUT2D eigenvalue weighted by atomic mass is 32.2. The molecule has 0 bridgehead atoms. The van der Waals surface area contributed by atoms with Gasteiger partial charge in [0, 0.05) is 5.56 Å². The minimum absolute atomic E-state index is 0.0292. The number of sulfonamides is 1. The van der Waals surface area contributed by atoms with Crippen LogP contribution in [0, 0.1) is 0 Å². The number of hydrazone groups is 1. The summed E-state index contributed by atoms with van der Waals surface area (Å²) in [6, 6.07) is 12.4. The number of phenols is 1. The van der Waals surface area contributed by atoms with Gasteiger partial charge in [-0.3, -0.25) is 0 Å². The van der Waals surface area contributed by atoms with Crippen LogP contribution >= 0.6 is 0 Å². The molecule has 0 unspecified atom stereocenters. The van der Waals surface area contributed by atoms with Crippen LogP contribution in [0.25, 0.3) is 0 Å². The highest BCUT2D eigenvalue weighted by molar-refractivity contribution is 7.89. The van der Waals surface area contributed by atoms with Crippen LogP contribution in [0.4, 0.5) is 0 Å². The van der Waals surface area contributed by atoms with E-state index in [2.05, 4.69) is 9.93 Å². The van der Waals surface area contributed by atoms with Gasteiger partial charge in [-0.1, -0.05) is 18.2 Å². The number of rotatable bonds is 5. The number of hydrogen-bond acceptors (Lipinski definition) is 5. The number of ether oxygens (including phenoxy) is 1. The van der Waals surface area contributed by atoms with E-state index in [0.29, 0.717) is 11.3 Å². The van der Waals surface area contributed by atoms with E-state index in [1.54, 1.807) is 24.3 Å². The van der Waals surface area contributed by atoms with Crippen molar-refractivity contribution in [1.29, 1.82) is 0 Å². The summed E-state index contributed by atoms with van der Waals surface area (Å²) in [5, 5.41) is 13.3. The molecule has 0 saturated carbocycles. The first-order chi connectivity index (χ1) is 10.0. The summed E-state index contributed by atoms with van der Waals surface area (Å²) < 4.78 is 28.9.